The van der Waals surface area contributed by atoms with Crippen LogP contribution in [0.3, 0.4) is 0 Å². The molecular weight excluding hydrogens is 150 g/mol. The second-order valence-corrected chi connectivity index (χ2v) is 4.19. The van der Waals surface area contributed by atoms with Crippen molar-refractivity contribution in [3.05, 3.63) is 0 Å². The van der Waals surface area contributed by atoms with E-state index in [0.717, 1.165) is 13.0 Å². The lowest BCUT2D eigenvalue weighted by molar-refractivity contribution is -0.133. The molecule has 70 valence electrons. The van der Waals surface area contributed by atoms with Crippen LogP contribution in [0.4, 0.5) is 0 Å². The van der Waals surface area contributed by atoms with Gasteiger partial charge in [0.25, 0.3) is 0 Å². The van der Waals surface area contributed by atoms with E-state index in [0.29, 0.717) is 11.8 Å². The monoisotopic (exact) mass is 169 g/mol. The van der Waals surface area contributed by atoms with Gasteiger partial charge in [0.05, 0.1) is 6.04 Å². The second-order valence-electron chi connectivity index (χ2n) is 4.19. The third kappa shape index (κ3) is 1.69. The minimum atomic E-state index is 0.191. The normalized spacial score (nSPS) is 24.7. The third-order valence-corrected chi connectivity index (χ3v) is 2.62. The molecule has 1 heterocycles. The van der Waals surface area contributed by atoms with Gasteiger partial charge in [0.1, 0.15) is 0 Å². The highest BCUT2D eigenvalue weighted by Gasteiger charge is 2.36. The van der Waals surface area contributed by atoms with Crippen molar-refractivity contribution in [1.29, 1.82) is 0 Å². The minimum Gasteiger partial charge on any atom is -0.298 e. The highest BCUT2D eigenvalue weighted by Crippen LogP contribution is 2.23. The first-order valence-corrected chi connectivity index (χ1v) is 4.83. The van der Waals surface area contributed by atoms with Crippen LogP contribution in [0.15, 0.2) is 0 Å². The van der Waals surface area contributed by atoms with E-state index >= 15 is 0 Å². The molecule has 0 N–H and O–H groups in total. The molecule has 0 radical (unpaired) electrons. The summed E-state index contributed by atoms with van der Waals surface area (Å²) in [5, 5.41) is 0. The predicted octanol–water partition coefficient (Wildman–Crippen LogP) is 1.69. The van der Waals surface area contributed by atoms with Gasteiger partial charge in [-0.1, -0.05) is 13.8 Å². The molecule has 0 spiro atoms. The first-order chi connectivity index (χ1) is 5.54. The van der Waals surface area contributed by atoms with E-state index < -0.39 is 0 Å². The minimum absolute atomic E-state index is 0.191. The molecule has 12 heavy (non-hydrogen) atoms. The van der Waals surface area contributed by atoms with Crippen molar-refractivity contribution in [2.75, 3.05) is 6.54 Å². The van der Waals surface area contributed by atoms with Crippen LogP contribution in [0.1, 0.15) is 34.1 Å². The molecule has 1 atom stereocenters. The van der Waals surface area contributed by atoms with Crippen LogP contribution in [0.5, 0.6) is 0 Å². The van der Waals surface area contributed by atoms with Crippen molar-refractivity contribution < 1.29 is 4.79 Å². The Bertz CT molecular complexity index is 175. The van der Waals surface area contributed by atoms with E-state index in [1.807, 2.05) is 13.8 Å². The standard InChI is InChI=1S/C10H19NO/c1-7(2)10(12)9-5-6-11(9)8(3)4/h7-9H,5-6H2,1-4H3/t9-/m0/s1. The summed E-state index contributed by atoms with van der Waals surface area (Å²) < 4.78 is 0. The highest BCUT2D eigenvalue weighted by atomic mass is 16.1. The molecule has 1 aliphatic heterocycles. The van der Waals surface area contributed by atoms with Crippen molar-refractivity contribution in [2.24, 2.45) is 5.92 Å². The number of Topliss-reactive ketones (excluding diaryl/α,β-unsaturated/α-hetero) is 1. The Hall–Kier alpha value is -0.370. The van der Waals surface area contributed by atoms with Crippen LogP contribution in [-0.4, -0.2) is 29.3 Å². The quantitative estimate of drug-likeness (QED) is 0.641. The molecule has 0 saturated carbocycles. The van der Waals surface area contributed by atoms with E-state index in [-0.39, 0.29) is 12.0 Å². The van der Waals surface area contributed by atoms with Gasteiger partial charge >= 0.3 is 0 Å². The SMILES string of the molecule is CC(C)C(=O)[C@@H]1CCN1C(C)C. The van der Waals surface area contributed by atoms with E-state index in [1.54, 1.807) is 0 Å². The summed E-state index contributed by atoms with van der Waals surface area (Å²) in [4.78, 5) is 13.9. The smallest absolute Gasteiger partial charge is 0.152 e. The van der Waals surface area contributed by atoms with Gasteiger partial charge < -0.3 is 0 Å². The molecule has 0 aliphatic carbocycles. The van der Waals surface area contributed by atoms with Gasteiger partial charge in [-0.3, -0.25) is 9.69 Å². The van der Waals surface area contributed by atoms with E-state index in [2.05, 4.69) is 18.7 Å². The molecule has 1 aliphatic rings. The first kappa shape index (κ1) is 9.72. The summed E-state index contributed by atoms with van der Waals surface area (Å²) in [5.41, 5.74) is 0. The molecule has 1 saturated heterocycles. The van der Waals surface area contributed by atoms with Crippen molar-refractivity contribution in [1.82, 2.24) is 4.90 Å². The second kappa shape index (κ2) is 3.56. The first-order valence-electron chi connectivity index (χ1n) is 4.83. The average Bonchev–Trinajstić information content (AvgIpc) is 1.82. The molecule has 1 rings (SSSR count). The van der Waals surface area contributed by atoms with E-state index in [4.69, 9.17) is 0 Å². The highest BCUT2D eigenvalue weighted by molar-refractivity contribution is 5.86. The van der Waals surface area contributed by atoms with Crippen molar-refractivity contribution in [3.8, 4) is 0 Å². The largest absolute Gasteiger partial charge is 0.298 e. The van der Waals surface area contributed by atoms with Crippen LogP contribution >= 0.6 is 0 Å². The molecule has 0 amide bonds. The van der Waals surface area contributed by atoms with E-state index in [9.17, 15) is 4.79 Å². The van der Waals surface area contributed by atoms with Gasteiger partial charge in [0.15, 0.2) is 5.78 Å². The van der Waals surface area contributed by atoms with Crippen LogP contribution in [0.2, 0.25) is 0 Å². The van der Waals surface area contributed by atoms with Gasteiger partial charge in [-0.2, -0.15) is 0 Å². The fourth-order valence-corrected chi connectivity index (χ4v) is 1.72. The summed E-state index contributed by atoms with van der Waals surface area (Å²) >= 11 is 0. The predicted molar refractivity (Wildman–Crippen MR) is 50.1 cm³/mol. The van der Waals surface area contributed by atoms with Crippen LogP contribution in [0.25, 0.3) is 0 Å². The Labute approximate surface area is 74.9 Å². The van der Waals surface area contributed by atoms with Gasteiger partial charge in [0.2, 0.25) is 0 Å². The number of carbonyl (C=O) groups excluding carboxylic acids is 1. The van der Waals surface area contributed by atoms with Crippen LogP contribution < -0.4 is 0 Å². The molecule has 2 nitrogen and oxygen atoms in total. The number of carbonyl (C=O) groups is 1. The van der Waals surface area contributed by atoms with E-state index in [1.165, 1.54) is 0 Å². The number of likely N-dealkylation sites (tertiary alicyclic amines) is 1. The Kier molecular flexibility index (Phi) is 2.89. The van der Waals surface area contributed by atoms with Crippen LogP contribution in [-0.2, 0) is 4.79 Å². The number of hydrogen-bond acceptors (Lipinski definition) is 2. The summed E-state index contributed by atoms with van der Waals surface area (Å²) in [6.07, 6.45) is 1.06. The number of rotatable bonds is 3. The Morgan fingerprint density at radius 2 is 1.92 bits per heavy atom. The Balaban J connectivity index is 2.49. The summed E-state index contributed by atoms with van der Waals surface area (Å²) in [6, 6.07) is 0.747. The van der Waals surface area contributed by atoms with Crippen molar-refractivity contribution in [2.45, 2.75) is 46.2 Å². The summed E-state index contributed by atoms with van der Waals surface area (Å²) in [5.74, 6) is 0.603. The molecule has 0 aromatic heterocycles. The fourth-order valence-electron chi connectivity index (χ4n) is 1.72. The van der Waals surface area contributed by atoms with Gasteiger partial charge in [-0.05, 0) is 20.3 Å². The maximum Gasteiger partial charge on any atom is 0.152 e. The van der Waals surface area contributed by atoms with Crippen LogP contribution in [0, 0.1) is 5.92 Å². The molecule has 0 unspecified atom stereocenters. The molecule has 0 aromatic carbocycles. The van der Waals surface area contributed by atoms with Crippen molar-refractivity contribution >= 4 is 5.78 Å². The zero-order valence-electron chi connectivity index (χ0n) is 8.50. The molecule has 1 fully saturated rings. The maximum atomic E-state index is 11.6. The van der Waals surface area contributed by atoms with Gasteiger partial charge in [-0.25, -0.2) is 0 Å². The Morgan fingerprint density at radius 3 is 2.17 bits per heavy atom. The molecule has 2 heteroatoms. The van der Waals surface area contributed by atoms with Gasteiger partial charge in [-0.15, -0.1) is 0 Å². The van der Waals surface area contributed by atoms with Crippen molar-refractivity contribution in [3.63, 3.8) is 0 Å². The lowest BCUT2D eigenvalue weighted by Gasteiger charge is -2.43. The number of hydrogen-bond donors (Lipinski definition) is 0. The van der Waals surface area contributed by atoms with Gasteiger partial charge in [0, 0.05) is 18.5 Å². The Morgan fingerprint density at radius 1 is 1.33 bits per heavy atom. The summed E-state index contributed by atoms with van der Waals surface area (Å²) in [7, 11) is 0. The summed E-state index contributed by atoms with van der Waals surface area (Å²) in [6.45, 7) is 9.37. The zero-order valence-corrected chi connectivity index (χ0v) is 8.50. The number of ketones is 1. The third-order valence-electron chi connectivity index (χ3n) is 2.62. The zero-order chi connectivity index (χ0) is 9.30. The molecule has 0 bridgehead atoms. The lowest BCUT2D eigenvalue weighted by atomic mass is 9.91. The molecule has 0 aromatic rings. The topological polar surface area (TPSA) is 20.3 Å². The fraction of sp³-hybridized carbons (Fsp3) is 0.900. The lowest BCUT2D eigenvalue weighted by Crippen LogP contribution is -2.56. The molecular formula is C10H19NO. The maximum absolute atomic E-state index is 11.6. The number of nitrogens with zero attached hydrogens (tertiary/aromatic N) is 1. The average molecular weight is 169 g/mol.